The van der Waals surface area contributed by atoms with E-state index in [1.165, 1.54) is 25.7 Å². The molecule has 1 N–H and O–H groups in total. The van der Waals surface area contributed by atoms with Gasteiger partial charge in [-0.05, 0) is 30.7 Å². The Balaban J connectivity index is 0.00000225. The monoisotopic (exact) mass is 458 g/mol. The van der Waals surface area contributed by atoms with Gasteiger partial charge >= 0.3 is 0 Å². The lowest BCUT2D eigenvalue weighted by Gasteiger charge is -2.37. The van der Waals surface area contributed by atoms with Gasteiger partial charge in [0.15, 0.2) is 5.96 Å². The SMILES string of the molecule is CN=C(NCC1CCC(C)CC1)N1CCN(c2ncccn2)CC1.I. The van der Waals surface area contributed by atoms with Gasteiger partial charge in [0, 0.05) is 52.2 Å². The number of hydrogen-bond acceptors (Lipinski definition) is 4. The van der Waals surface area contributed by atoms with Crippen molar-refractivity contribution in [3.05, 3.63) is 18.5 Å². The summed E-state index contributed by atoms with van der Waals surface area (Å²) in [4.78, 5) is 17.8. The molecule has 2 aliphatic rings. The molecule has 140 valence electrons. The van der Waals surface area contributed by atoms with Gasteiger partial charge < -0.3 is 15.1 Å². The number of aliphatic imine (C=N–C) groups is 1. The second-order valence-corrected chi connectivity index (χ2v) is 7.08. The van der Waals surface area contributed by atoms with Crippen molar-refractivity contribution in [2.45, 2.75) is 32.6 Å². The first kappa shape index (κ1) is 20.2. The highest BCUT2D eigenvalue weighted by Crippen LogP contribution is 2.27. The fourth-order valence-electron chi connectivity index (χ4n) is 3.67. The molecule has 0 bridgehead atoms. The lowest BCUT2D eigenvalue weighted by molar-refractivity contribution is 0.285. The molecule has 1 aliphatic carbocycles. The molecule has 3 rings (SSSR count). The van der Waals surface area contributed by atoms with E-state index in [0.29, 0.717) is 0 Å². The number of piperazine rings is 1. The molecule has 0 unspecified atom stereocenters. The molecular formula is C18H31IN6. The average molecular weight is 458 g/mol. The summed E-state index contributed by atoms with van der Waals surface area (Å²) in [5.74, 6) is 3.59. The van der Waals surface area contributed by atoms with Crippen molar-refractivity contribution >= 4 is 35.9 Å². The first-order valence-corrected chi connectivity index (χ1v) is 9.24. The minimum Gasteiger partial charge on any atom is -0.356 e. The van der Waals surface area contributed by atoms with Crippen molar-refractivity contribution in [3.8, 4) is 0 Å². The zero-order valence-corrected chi connectivity index (χ0v) is 17.7. The molecule has 1 saturated heterocycles. The quantitative estimate of drug-likeness (QED) is 0.429. The van der Waals surface area contributed by atoms with Crippen molar-refractivity contribution in [1.82, 2.24) is 20.2 Å². The number of guanidine groups is 1. The van der Waals surface area contributed by atoms with E-state index in [1.54, 1.807) is 12.4 Å². The fourth-order valence-corrected chi connectivity index (χ4v) is 3.67. The number of hydrogen-bond donors (Lipinski definition) is 1. The number of aromatic nitrogens is 2. The Bertz CT molecular complexity index is 522. The van der Waals surface area contributed by atoms with Gasteiger partial charge in [0.05, 0.1) is 0 Å². The van der Waals surface area contributed by atoms with E-state index < -0.39 is 0 Å². The van der Waals surface area contributed by atoms with Gasteiger partial charge in [0.1, 0.15) is 0 Å². The first-order valence-electron chi connectivity index (χ1n) is 9.24. The van der Waals surface area contributed by atoms with Gasteiger partial charge in [0.2, 0.25) is 5.95 Å². The standard InChI is InChI=1S/C18H30N6.HI/c1-15-4-6-16(7-5-15)14-22-17(19-2)23-10-12-24(13-11-23)18-20-8-3-9-21-18;/h3,8-9,15-16H,4-7,10-14H2,1-2H3,(H,19,22);1H. The maximum atomic E-state index is 4.49. The summed E-state index contributed by atoms with van der Waals surface area (Å²) in [7, 11) is 1.89. The maximum absolute atomic E-state index is 4.49. The highest BCUT2D eigenvalue weighted by Gasteiger charge is 2.23. The van der Waals surface area contributed by atoms with Crippen LogP contribution in [0.25, 0.3) is 0 Å². The smallest absolute Gasteiger partial charge is 0.225 e. The lowest BCUT2D eigenvalue weighted by Crippen LogP contribution is -2.53. The van der Waals surface area contributed by atoms with Crippen LogP contribution in [0, 0.1) is 11.8 Å². The highest BCUT2D eigenvalue weighted by atomic mass is 127. The summed E-state index contributed by atoms with van der Waals surface area (Å²) in [6.45, 7) is 7.22. The van der Waals surface area contributed by atoms with Crippen molar-refractivity contribution < 1.29 is 0 Å². The third-order valence-electron chi connectivity index (χ3n) is 5.31. The van der Waals surface area contributed by atoms with Crippen LogP contribution in [0.1, 0.15) is 32.6 Å². The summed E-state index contributed by atoms with van der Waals surface area (Å²) >= 11 is 0. The van der Waals surface area contributed by atoms with E-state index in [1.807, 2.05) is 13.1 Å². The summed E-state index contributed by atoms with van der Waals surface area (Å²) in [6, 6.07) is 1.86. The van der Waals surface area contributed by atoms with Gasteiger partial charge in [-0.2, -0.15) is 0 Å². The van der Waals surface area contributed by atoms with Crippen LogP contribution >= 0.6 is 24.0 Å². The molecule has 1 aromatic rings. The second kappa shape index (κ2) is 10.1. The van der Waals surface area contributed by atoms with Crippen LogP contribution in [0.3, 0.4) is 0 Å². The van der Waals surface area contributed by atoms with Crippen LogP contribution in [-0.2, 0) is 0 Å². The van der Waals surface area contributed by atoms with Crippen LogP contribution in [0.15, 0.2) is 23.5 Å². The second-order valence-electron chi connectivity index (χ2n) is 7.08. The molecule has 0 amide bonds. The van der Waals surface area contributed by atoms with Crippen LogP contribution in [0.5, 0.6) is 0 Å². The van der Waals surface area contributed by atoms with Gasteiger partial charge in [-0.1, -0.05) is 19.8 Å². The molecule has 1 saturated carbocycles. The zero-order valence-electron chi connectivity index (χ0n) is 15.4. The molecule has 0 aromatic carbocycles. The number of halogens is 1. The molecule has 1 aliphatic heterocycles. The van der Waals surface area contributed by atoms with Gasteiger partial charge in [0.25, 0.3) is 0 Å². The first-order chi connectivity index (χ1) is 11.8. The molecule has 6 nitrogen and oxygen atoms in total. The third kappa shape index (κ3) is 5.69. The third-order valence-corrected chi connectivity index (χ3v) is 5.31. The highest BCUT2D eigenvalue weighted by molar-refractivity contribution is 14.0. The topological polar surface area (TPSA) is 56.7 Å². The summed E-state index contributed by atoms with van der Waals surface area (Å²) in [6.07, 6.45) is 9.07. The Morgan fingerprint density at radius 2 is 1.76 bits per heavy atom. The Labute approximate surface area is 168 Å². The summed E-state index contributed by atoms with van der Waals surface area (Å²) in [5.41, 5.74) is 0. The average Bonchev–Trinajstić information content (AvgIpc) is 2.65. The summed E-state index contributed by atoms with van der Waals surface area (Å²) < 4.78 is 0. The normalized spacial score (nSPS) is 24.6. The fraction of sp³-hybridized carbons (Fsp3) is 0.722. The Morgan fingerprint density at radius 1 is 1.12 bits per heavy atom. The molecular weight excluding hydrogens is 427 g/mol. The minimum absolute atomic E-state index is 0. The van der Waals surface area contributed by atoms with Crippen molar-refractivity contribution in [2.24, 2.45) is 16.8 Å². The van der Waals surface area contributed by atoms with Gasteiger partial charge in [-0.15, -0.1) is 24.0 Å². The van der Waals surface area contributed by atoms with E-state index >= 15 is 0 Å². The largest absolute Gasteiger partial charge is 0.356 e. The molecule has 25 heavy (non-hydrogen) atoms. The minimum atomic E-state index is 0. The van der Waals surface area contributed by atoms with Crippen molar-refractivity contribution in [2.75, 3.05) is 44.7 Å². The molecule has 0 spiro atoms. The van der Waals surface area contributed by atoms with Crippen molar-refractivity contribution in [3.63, 3.8) is 0 Å². The molecule has 2 heterocycles. The van der Waals surface area contributed by atoms with Gasteiger partial charge in [-0.3, -0.25) is 4.99 Å². The molecule has 0 radical (unpaired) electrons. The van der Waals surface area contributed by atoms with E-state index in [4.69, 9.17) is 0 Å². The van der Waals surface area contributed by atoms with Crippen LogP contribution < -0.4 is 10.2 Å². The van der Waals surface area contributed by atoms with Crippen molar-refractivity contribution in [1.29, 1.82) is 0 Å². The predicted octanol–water partition coefficient (Wildman–Crippen LogP) is 2.62. The van der Waals surface area contributed by atoms with E-state index in [2.05, 4.69) is 37.0 Å². The Kier molecular flexibility index (Phi) is 8.18. The number of nitrogens with one attached hydrogen (secondary N) is 1. The zero-order chi connectivity index (χ0) is 16.8. The number of nitrogens with zero attached hydrogens (tertiary/aromatic N) is 5. The molecule has 1 aromatic heterocycles. The van der Waals surface area contributed by atoms with E-state index in [9.17, 15) is 0 Å². The summed E-state index contributed by atoms with van der Waals surface area (Å²) in [5, 5.41) is 3.60. The van der Waals surface area contributed by atoms with E-state index in [0.717, 1.165) is 56.5 Å². The Morgan fingerprint density at radius 3 is 2.36 bits per heavy atom. The Hall–Kier alpha value is -1.12. The maximum Gasteiger partial charge on any atom is 0.225 e. The molecule has 2 fully saturated rings. The predicted molar refractivity (Wildman–Crippen MR) is 114 cm³/mol. The number of anilines is 1. The van der Waals surface area contributed by atoms with Crippen LogP contribution in [0.4, 0.5) is 5.95 Å². The van der Waals surface area contributed by atoms with E-state index in [-0.39, 0.29) is 24.0 Å². The molecule has 0 atom stereocenters. The number of rotatable bonds is 3. The van der Waals surface area contributed by atoms with Gasteiger partial charge in [-0.25, -0.2) is 9.97 Å². The molecule has 7 heteroatoms. The van der Waals surface area contributed by atoms with Crippen LogP contribution in [0.2, 0.25) is 0 Å². The lowest BCUT2D eigenvalue weighted by atomic mass is 9.83. The van der Waals surface area contributed by atoms with Crippen LogP contribution in [-0.4, -0.2) is 60.6 Å².